The van der Waals surface area contributed by atoms with Gasteiger partial charge in [-0.2, -0.15) is 0 Å². The highest BCUT2D eigenvalue weighted by Gasteiger charge is 2.05. The molecule has 2 rings (SSSR count). The Morgan fingerprint density at radius 2 is 1.58 bits per heavy atom. The lowest BCUT2D eigenvalue weighted by atomic mass is 10.0. The third kappa shape index (κ3) is 3.81. The maximum absolute atomic E-state index is 11.7. The first-order valence-electron chi connectivity index (χ1n) is 6.31. The Kier molecular flexibility index (Phi) is 4.51. The van der Waals surface area contributed by atoms with Crippen LogP contribution in [0.3, 0.4) is 0 Å². The van der Waals surface area contributed by atoms with Gasteiger partial charge in [-0.15, -0.1) is 0 Å². The number of hydrogen-bond acceptors (Lipinski definition) is 2. The summed E-state index contributed by atoms with van der Waals surface area (Å²) < 4.78 is 0. The minimum atomic E-state index is 0.0618. The number of Topliss-reactive ketones (excluding diaryl/α,β-unsaturated/α-hetero) is 1. The fraction of sp³-hybridized carbons (Fsp3) is 0.118. The van der Waals surface area contributed by atoms with Crippen LogP contribution in [-0.2, 0) is 11.3 Å². The Bertz CT molecular complexity index is 558. The van der Waals surface area contributed by atoms with Crippen molar-refractivity contribution in [2.75, 3.05) is 0 Å². The second-order valence-electron chi connectivity index (χ2n) is 4.35. The minimum absolute atomic E-state index is 0.0618. The van der Waals surface area contributed by atoms with Crippen molar-refractivity contribution in [2.45, 2.75) is 13.5 Å². The molecule has 0 saturated heterocycles. The van der Waals surface area contributed by atoms with Crippen LogP contribution in [0.1, 0.15) is 18.1 Å². The zero-order valence-electron chi connectivity index (χ0n) is 11.0. The number of hydrogen-bond donors (Lipinski definition) is 1. The van der Waals surface area contributed by atoms with Gasteiger partial charge in [0.05, 0.1) is 0 Å². The van der Waals surface area contributed by atoms with E-state index in [2.05, 4.69) is 17.4 Å². The number of benzene rings is 2. The number of nitrogens with one attached hydrogen (secondary N) is 1. The van der Waals surface area contributed by atoms with Crippen LogP contribution in [0, 0.1) is 0 Å². The molecular formula is C17H17NO. The van der Waals surface area contributed by atoms with Crippen LogP contribution in [0.4, 0.5) is 0 Å². The second-order valence-corrected chi connectivity index (χ2v) is 4.35. The Morgan fingerprint density at radius 1 is 1.00 bits per heavy atom. The van der Waals surface area contributed by atoms with Crippen LogP contribution in [-0.4, -0.2) is 5.78 Å². The van der Waals surface area contributed by atoms with Crippen molar-refractivity contribution in [3.63, 3.8) is 0 Å². The van der Waals surface area contributed by atoms with Gasteiger partial charge in [-0.05, 0) is 18.1 Å². The van der Waals surface area contributed by atoms with Gasteiger partial charge in [-0.1, -0.05) is 60.7 Å². The Labute approximate surface area is 113 Å². The monoisotopic (exact) mass is 251 g/mol. The molecule has 0 bridgehead atoms. The quantitative estimate of drug-likeness (QED) is 0.825. The molecule has 0 aliphatic carbocycles. The SMILES string of the molecule is CC(=O)/C(=C\NCc1ccccc1)c1ccccc1. The maximum Gasteiger partial charge on any atom is 0.161 e. The van der Waals surface area contributed by atoms with Gasteiger partial charge in [-0.3, -0.25) is 4.79 Å². The minimum Gasteiger partial charge on any atom is -0.386 e. The van der Waals surface area contributed by atoms with Gasteiger partial charge in [0.2, 0.25) is 0 Å². The largest absolute Gasteiger partial charge is 0.386 e. The average molecular weight is 251 g/mol. The molecule has 2 aromatic rings. The summed E-state index contributed by atoms with van der Waals surface area (Å²) in [4.78, 5) is 11.7. The van der Waals surface area contributed by atoms with Crippen molar-refractivity contribution in [2.24, 2.45) is 0 Å². The van der Waals surface area contributed by atoms with Crippen LogP contribution in [0.2, 0.25) is 0 Å². The molecule has 96 valence electrons. The van der Waals surface area contributed by atoms with Crippen molar-refractivity contribution in [1.29, 1.82) is 0 Å². The molecule has 0 aromatic heterocycles. The Morgan fingerprint density at radius 3 is 2.16 bits per heavy atom. The second kappa shape index (κ2) is 6.55. The van der Waals surface area contributed by atoms with E-state index in [9.17, 15) is 4.79 Å². The van der Waals surface area contributed by atoms with E-state index in [1.807, 2.05) is 48.5 Å². The van der Waals surface area contributed by atoms with Gasteiger partial charge in [0.15, 0.2) is 5.78 Å². The van der Waals surface area contributed by atoms with Crippen molar-refractivity contribution in [1.82, 2.24) is 5.32 Å². The van der Waals surface area contributed by atoms with E-state index < -0.39 is 0 Å². The molecule has 19 heavy (non-hydrogen) atoms. The molecule has 0 heterocycles. The Hall–Kier alpha value is -2.35. The summed E-state index contributed by atoms with van der Waals surface area (Å²) in [5, 5.41) is 3.20. The topological polar surface area (TPSA) is 29.1 Å². The molecule has 0 saturated carbocycles. The first-order chi connectivity index (χ1) is 9.27. The van der Waals surface area contributed by atoms with Crippen LogP contribution >= 0.6 is 0 Å². The molecule has 0 aliphatic rings. The van der Waals surface area contributed by atoms with Crippen LogP contribution < -0.4 is 5.32 Å². The number of carbonyl (C=O) groups excluding carboxylic acids is 1. The zero-order chi connectivity index (χ0) is 13.5. The smallest absolute Gasteiger partial charge is 0.161 e. The van der Waals surface area contributed by atoms with Gasteiger partial charge < -0.3 is 5.32 Å². The highest BCUT2D eigenvalue weighted by Crippen LogP contribution is 2.14. The van der Waals surface area contributed by atoms with Crippen LogP contribution in [0.15, 0.2) is 66.9 Å². The third-order valence-electron chi connectivity index (χ3n) is 2.86. The van der Waals surface area contributed by atoms with Gasteiger partial charge in [0.25, 0.3) is 0 Å². The molecule has 0 spiro atoms. The average Bonchev–Trinajstić information content (AvgIpc) is 2.45. The Balaban J connectivity index is 2.08. The maximum atomic E-state index is 11.7. The van der Waals surface area contributed by atoms with Crippen molar-refractivity contribution in [3.8, 4) is 0 Å². The van der Waals surface area contributed by atoms with Crippen LogP contribution in [0.5, 0.6) is 0 Å². The lowest BCUT2D eigenvalue weighted by Crippen LogP contribution is -2.08. The summed E-state index contributed by atoms with van der Waals surface area (Å²) in [6, 6.07) is 19.8. The molecule has 0 radical (unpaired) electrons. The van der Waals surface area contributed by atoms with E-state index in [-0.39, 0.29) is 5.78 Å². The molecule has 2 heteroatoms. The van der Waals surface area contributed by atoms with E-state index in [1.165, 1.54) is 5.56 Å². The molecular weight excluding hydrogens is 234 g/mol. The molecule has 0 aliphatic heterocycles. The lowest BCUT2D eigenvalue weighted by Gasteiger charge is -2.06. The van der Waals surface area contributed by atoms with E-state index in [0.29, 0.717) is 12.1 Å². The van der Waals surface area contributed by atoms with Gasteiger partial charge in [-0.25, -0.2) is 0 Å². The van der Waals surface area contributed by atoms with Gasteiger partial charge in [0.1, 0.15) is 0 Å². The number of carbonyl (C=O) groups is 1. The number of allylic oxidation sites excluding steroid dienone is 1. The fourth-order valence-corrected chi connectivity index (χ4v) is 1.87. The zero-order valence-corrected chi connectivity index (χ0v) is 11.0. The predicted octanol–water partition coefficient (Wildman–Crippen LogP) is 3.41. The predicted molar refractivity (Wildman–Crippen MR) is 78.4 cm³/mol. The standard InChI is InChI=1S/C17H17NO/c1-14(19)17(16-10-6-3-7-11-16)13-18-12-15-8-4-2-5-9-15/h2-11,13,18H,12H2,1H3/b17-13+. The molecule has 0 atom stereocenters. The molecule has 1 N–H and O–H groups in total. The molecule has 0 amide bonds. The fourth-order valence-electron chi connectivity index (χ4n) is 1.87. The third-order valence-corrected chi connectivity index (χ3v) is 2.86. The summed E-state index contributed by atoms with van der Waals surface area (Å²) in [5.41, 5.74) is 2.84. The van der Waals surface area contributed by atoms with Crippen molar-refractivity contribution in [3.05, 3.63) is 78.0 Å². The molecule has 0 unspecified atom stereocenters. The van der Waals surface area contributed by atoms with E-state index in [0.717, 1.165) is 5.56 Å². The summed E-state index contributed by atoms with van der Waals surface area (Å²) in [6.45, 7) is 2.30. The summed E-state index contributed by atoms with van der Waals surface area (Å²) in [6.07, 6.45) is 1.80. The van der Waals surface area contributed by atoms with E-state index in [4.69, 9.17) is 0 Å². The first kappa shape index (κ1) is 13.1. The highest BCUT2D eigenvalue weighted by atomic mass is 16.1. The molecule has 2 aromatic carbocycles. The number of rotatable bonds is 5. The summed E-state index contributed by atoms with van der Waals surface area (Å²) >= 11 is 0. The van der Waals surface area contributed by atoms with Crippen LogP contribution in [0.25, 0.3) is 5.57 Å². The normalized spacial score (nSPS) is 11.1. The summed E-state index contributed by atoms with van der Waals surface area (Å²) in [7, 11) is 0. The lowest BCUT2D eigenvalue weighted by molar-refractivity contribution is -0.111. The van der Waals surface area contributed by atoms with Gasteiger partial charge >= 0.3 is 0 Å². The highest BCUT2D eigenvalue weighted by molar-refractivity contribution is 6.19. The van der Waals surface area contributed by atoms with E-state index in [1.54, 1.807) is 13.1 Å². The van der Waals surface area contributed by atoms with Gasteiger partial charge in [0, 0.05) is 18.3 Å². The number of ketones is 1. The molecule has 2 nitrogen and oxygen atoms in total. The summed E-state index contributed by atoms with van der Waals surface area (Å²) in [5.74, 6) is 0.0618. The first-order valence-corrected chi connectivity index (χ1v) is 6.31. The molecule has 0 fully saturated rings. The van der Waals surface area contributed by atoms with E-state index >= 15 is 0 Å². The van der Waals surface area contributed by atoms with Crippen molar-refractivity contribution < 1.29 is 4.79 Å². The van der Waals surface area contributed by atoms with Crippen molar-refractivity contribution >= 4 is 11.4 Å².